The molecule has 1 saturated heterocycles. The van der Waals surface area contributed by atoms with Gasteiger partial charge in [0.2, 0.25) is 5.91 Å². The molecule has 0 aromatic heterocycles. The van der Waals surface area contributed by atoms with Crippen LogP contribution in [0.1, 0.15) is 30.9 Å². The van der Waals surface area contributed by atoms with Gasteiger partial charge < -0.3 is 10.6 Å². The summed E-state index contributed by atoms with van der Waals surface area (Å²) < 4.78 is 0. The van der Waals surface area contributed by atoms with Crippen molar-refractivity contribution in [3.8, 4) is 0 Å². The van der Waals surface area contributed by atoms with E-state index in [9.17, 15) is 4.79 Å². The van der Waals surface area contributed by atoms with E-state index in [1.807, 2.05) is 4.90 Å². The first-order valence-electron chi connectivity index (χ1n) is 7.76. The van der Waals surface area contributed by atoms with Crippen LogP contribution in [0.2, 0.25) is 0 Å². The molecule has 1 aromatic rings. The number of likely N-dealkylation sites (tertiary alicyclic amines) is 1. The molecule has 3 rings (SSSR count). The average Bonchev–Trinajstić information content (AvgIpc) is 2.49. The molecule has 1 aromatic carbocycles. The Balaban J connectivity index is 1.67. The van der Waals surface area contributed by atoms with Crippen LogP contribution in [0.4, 0.5) is 0 Å². The highest BCUT2D eigenvalue weighted by atomic mass is 16.2. The number of carbonyl (C=O) groups is 1. The Kier molecular flexibility index (Phi) is 3.79. The van der Waals surface area contributed by atoms with Crippen molar-refractivity contribution in [2.45, 2.75) is 38.6 Å². The van der Waals surface area contributed by atoms with E-state index in [0.717, 1.165) is 38.8 Å². The Bertz CT molecular complexity index is 500. The second kappa shape index (κ2) is 5.57. The number of amides is 1. The topological polar surface area (TPSA) is 46.3 Å². The molecule has 20 heavy (non-hydrogen) atoms. The minimum absolute atomic E-state index is 0.142. The third-order valence-corrected chi connectivity index (χ3v) is 5.02. The van der Waals surface area contributed by atoms with Gasteiger partial charge in [-0.25, -0.2) is 0 Å². The molecule has 1 fully saturated rings. The van der Waals surface area contributed by atoms with E-state index in [4.69, 9.17) is 5.73 Å². The molecule has 1 heterocycles. The van der Waals surface area contributed by atoms with Crippen molar-refractivity contribution in [3.05, 3.63) is 35.4 Å². The second-order valence-corrected chi connectivity index (χ2v) is 6.42. The Morgan fingerprint density at radius 2 is 2.00 bits per heavy atom. The zero-order valence-corrected chi connectivity index (χ0v) is 12.2. The molecule has 1 amide bonds. The highest BCUT2D eigenvalue weighted by molar-refractivity contribution is 5.79. The van der Waals surface area contributed by atoms with Gasteiger partial charge in [0, 0.05) is 25.0 Å². The number of benzene rings is 1. The van der Waals surface area contributed by atoms with E-state index in [1.54, 1.807) is 0 Å². The Hall–Kier alpha value is -1.35. The van der Waals surface area contributed by atoms with Crippen LogP contribution in [-0.4, -0.2) is 29.9 Å². The highest BCUT2D eigenvalue weighted by Crippen LogP contribution is 2.28. The van der Waals surface area contributed by atoms with Crippen molar-refractivity contribution < 1.29 is 4.79 Å². The predicted octanol–water partition coefficient (Wildman–Crippen LogP) is 1.99. The number of hydrogen-bond donors (Lipinski definition) is 1. The molecule has 2 aliphatic rings. The largest absolute Gasteiger partial charge is 0.341 e. The molecule has 1 aliphatic heterocycles. The molecule has 0 bridgehead atoms. The number of carbonyl (C=O) groups excluding carboxylic acids is 1. The lowest BCUT2D eigenvalue weighted by atomic mass is 9.82. The van der Waals surface area contributed by atoms with Crippen molar-refractivity contribution in [2.75, 3.05) is 13.1 Å². The first kappa shape index (κ1) is 13.6. The van der Waals surface area contributed by atoms with Gasteiger partial charge >= 0.3 is 0 Å². The van der Waals surface area contributed by atoms with Crippen LogP contribution in [0.3, 0.4) is 0 Å². The first-order valence-corrected chi connectivity index (χ1v) is 7.76. The van der Waals surface area contributed by atoms with Crippen molar-refractivity contribution in [2.24, 2.45) is 17.6 Å². The van der Waals surface area contributed by atoms with Gasteiger partial charge in [0.15, 0.2) is 0 Å². The summed E-state index contributed by atoms with van der Waals surface area (Å²) in [4.78, 5) is 14.7. The van der Waals surface area contributed by atoms with Gasteiger partial charge in [-0.2, -0.15) is 0 Å². The fourth-order valence-electron chi connectivity index (χ4n) is 3.47. The molecule has 0 saturated carbocycles. The van der Waals surface area contributed by atoms with Gasteiger partial charge in [-0.1, -0.05) is 31.2 Å². The summed E-state index contributed by atoms with van der Waals surface area (Å²) in [6.45, 7) is 3.80. The summed E-state index contributed by atoms with van der Waals surface area (Å²) in [5.74, 6) is 1.01. The number of rotatable bonds is 1. The van der Waals surface area contributed by atoms with E-state index in [1.165, 1.54) is 11.1 Å². The molecule has 3 atom stereocenters. The molecule has 3 unspecified atom stereocenters. The van der Waals surface area contributed by atoms with Crippen LogP contribution >= 0.6 is 0 Å². The quantitative estimate of drug-likeness (QED) is 0.850. The van der Waals surface area contributed by atoms with Gasteiger partial charge in [-0.3, -0.25) is 4.79 Å². The van der Waals surface area contributed by atoms with Crippen molar-refractivity contribution >= 4 is 5.91 Å². The normalized spacial score (nSPS) is 29.9. The van der Waals surface area contributed by atoms with Crippen LogP contribution in [0.5, 0.6) is 0 Å². The number of hydrogen-bond acceptors (Lipinski definition) is 2. The van der Waals surface area contributed by atoms with Gasteiger partial charge in [0.25, 0.3) is 0 Å². The predicted molar refractivity (Wildman–Crippen MR) is 80.3 cm³/mol. The van der Waals surface area contributed by atoms with Crippen LogP contribution < -0.4 is 5.73 Å². The van der Waals surface area contributed by atoms with E-state index < -0.39 is 0 Å². The summed E-state index contributed by atoms with van der Waals surface area (Å²) in [5.41, 5.74) is 8.89. The van der Waals surface area contributed by atoms with Crippen molar-refractivity contribution in [1.82, 2.24) is 4.90 Å². The van der Waals surface area contributed by atoms with Crippen molar-refractivity contribution in [1.29, 1.82) is 0 Å². The third kappa shape index (κ3) is 2.59. The lowest BCUT2D eigenvalue weighted by Gasteiger charge is -2.37. The standard InChI is InChI=1S/C17H24N2O/c1-12-8-9-19(11-16(12)18)17(20)15-7-6-13-4-2-3-5-14(13)10-15/h2-5,12,15-16H,6-11,18H2,1H3. The molecule has 3 nitrogen and oxygen atoms in total. The monoisotopic (exact) mass is 272 g/mol. The molecular formula is C17H24N2O. The summed E-state index contributed by atoms with van der Waals surface area (Å²) in [6.07, 6.45) is 3.95. The molecule has 108 valence electrons. The maximum atomic E-state index is 12.7. The van der Waals surface area contributed by atoms with E-state index in [0.29, 0.717) is 11.8 Å². The molecule has 0 radical (unpaired) electrons. The smallest absolute Gasteiger partial charge is 0.226 e. The zero-order chi connectivity index (χ0) is 14.1. The van der Waals surface area contributed by atoms with Crippen LogP contribution in [-0.2, 0) is 17.6 Å². The summed E-state index contributed by atoms with van der Waals surface area (Å²) in [6, 6.07) is 8.66. The summed E-state index contributed by atoms with van der Waals surface area (Å²) >= 11 is 0. The lowest BCUT2D eigenvalue weighted by molar-refractivity contribution is -0.137. The third-order valence-electron chi connectivity index (χ3n) is 5.02. The van der Waals surface area contributed by atoms with Gasteiger partial charge in [-0.15, -0.1) is 0 Å². The molecular weight excluding hydrogens is 248 g/mol. The van der Waals surface area contributed by atoms with Crippen LogP contribution in [0, 0.1) is 11.8 Å². The first-order chi connectivity index (χ1) is 9.65. The molecule has 0 spiro atoms. The number of fused-ring (bicyclic) bond motifs is 1. The summed E-state index contributed by atoms with van der Waals surface area (Å²) in [5, 5.41) is 0. The Morgan fingerprint density at radius 3 is 2.75 bits per heavy atom. The van der Waals surface area contributed by atoms with Crippen LogP contribution in [0.15, 0.2) is 24.3 Å². The van der Waals surface area contributed by atoms with E-state index in [-0.39, 0.29) is 12.0 Å². The average molecular weight is 272 g/mol. The Labute approximate surface area is 121 Å². The van der Waals surface area contributed by atoms with Crippen molar-refractivity contribution in [3.63, 3.8) is 0 Å². The van der Waals surface area contributed by atoms with E-state index in [2.05, 4.69) is 31.2 Å². The maximum absolute atomic E-state index is 12.7. The fraction of sp³-hybridized carbons (Fsp3) is 0.588. The zero-order valence-electron chi connectivity index (χ0n) is 12.2. The van der Waals surface area contributed by atoms with Gasteiger partial charge in [-0.05, 0) is 42.7 Å². The van der Waals surface area contributed by atoms with Gasteiger partial charge in [0.1, 0.15) is 0 Å². The number of nitrogens with two attached hydrogens (primary N) is 1. The molecule has 1 aliphatic carbocycles. The van der Waals surface area contributed by atoms with Gasteiger partial charge in [0.05, 0.1) is 0 Å². The second-order valence-electron chi connectivity index (χ2n) is 6.42. The number of nitrogens with zero attached hydrogens (tertiary/aromatic N) is 1. The maximum Gasteiger partial charge on any atom is 0.226 e. The highest BCUT2D eigenvalue weighted by Gasteiger charge is 2.32. The number of piperidine rings is 1. The Morgan fingerprint density at radius 1 is 1.25 bits per heavy atom. The minimum atomic E-state index is 0.142. The SMILES string of the molecule is CC1CCN(C(=O)C2CCc3ccccc3C2)CC1N. The summed E-state index contributed by atoms with van der Waals surface area (Å²) in [7, 11) is 0. The van der Waals surface area contributed by atoms with Crippen LogP contribution in [0.25, 0.3) is 0 Å². The molecule has 2 N–H and O–H groups in total. The van der Waals surface area contributed by atoms with E-state index >= 15 is 0 Å². The molecule has 3 heteroatoms. The fourth-order valence-corrected chi connectivity index (χ4v) is 3.47. The lowest BCUT2D eigenvalue weighted by Crippen LogP contribution is -2.51. The minimum Gasteiger partial charge on any atom is -0.341 e. The number of aryl methyl sites for hydroxylation is 1.